The lowest BCUT2D eigenvalue weighted by Crippen LogP contribution is -2.19. The number of carbonyl (C=O) groups is 3. The highest BCUT2D eigenvalue weighted by atomic mass is 35.5. The van der Waals surface area contributed by atoms with Gasteiger partial charge < -0.3 is 14.8 Å². The molecule has 0 aliphatic rings. The molecule has 1 aromatic heterocycles. The van der Waals surface area contributed by atoms with Crippen LogP contribution in [0.1, 0.15) is 30.0 Å². The summed E-state index contributed by atoms with van der Waals surface area (Å²) in [7, 11) is 2.40. The lowest BCUT2D eigenvalue weighted by molar-refractivity contribution is -0.144. The molecule has 2 rings (SSSR count). The first kappa shape index (κ1) is 24.2. The van der Waals surface area contributed by atoms with Gasteiger partial charge in [-0.15, -0.1) is 0 Å². The second-order valence-electron chi connectivity index (χ2n) is 6.45. The molecule has 0 unspecified atom stereocenters. The Morgan fingerprint density at radius 3 is 2.32 bits per heavy atom. The molecule has 0 saturated carbocycles. The first-order valence-electron chi connectivity index (χ1n) is 8.86. The number of rotatable bonds is 8. The number of alkyl halides is 3. The van der Waals surface area contributed by atoms with Crippen LogP contribution in [0.25, 0.3) is 0 Å². The molecule has 0 spiro atoms. The highest BCUT2D eigenvalue weighted by Gasteiger charge is 2.31. The average molecular weight is 462 g/mol. The molecule has 1 heterocycles. The van der Waals surface area contributed by atoms with Gasteiger partial charge in [-0.2, -0.15) is 18.3 Å². The summed E-state index contributed by atoms with van der Waals surface area (Å²) in [6.45, 7) is 0. The molecule has 2 aromatic rings. The summed E-state index contributed by atoms with van der Waals surface area (Å²) in [6.07, 6.45) is -2.65. The molecule has 12 heteroatoms. The van der Waals surface area contributed by atoms with Crippen molar-refractivity contribution in [2.24, 2.45) is 0 Å². The normalized spacial score (nSPS) is 11.3. The van der Waals surface area contributed by atoms with Gasteiger partial charge in [0.25, 0.3) is 0 Å². The Morgan fingerprint density at radius 2 is 1.77 bits per heavy atom. The maximum Gasteiger partial charge on any atom is 0.416 e. The van der Waals surface area contributed by atoms with Crippen molar-refractivity contribution in [3.63, 3.8) is 0 Å². The minimum absolute atomic E-state index is 0.00985. The number of esters is 2. The SMILES string of the molecule is COC(=O)CC(CC(=O)OC)n1cc(NC(=O)Cc2cc(C(F)(F)F)ccc2Cl)cn1. The van der Waals surface area contributed by atoms with Crippen molar-refractivity contribution in [3.8, 4) is 0 Å². The van der Waals surface area contributed by atoms with Crippen molar-refractivity contribution in [1.29, 1.82) is 0 Å². The molecular weight excluding hydrogens is 443 g/mol. The van der Waals surface area contributed by atoms with E-state index in [0.29, 0.717) is 0 Å². The van der Waals surface area contributed by atoms with Crippen LogP contribution in [-0.2, 0) is 36.5 Å². The number of anilines is 1. The van der Waals surface area contributed by atoms with E-state index in [4.69, 9.17) is 11.6 Å². The van der Waals surface area contributed by atoms with E-state index in [2.05, 4.69) is 19.9 Å². The minimum atomic E-state index is -4.56. The van der Waals surface area contributed by atoms with Crippen molar-refractivity contribution in [1.82, 2.24) is 9.78 Å². The lowest BCUT2D eigenvalue weighted by Gasteiger charge is -2.15. The number of nitrogens with one attached hydrogen (secondary N) is 1. The third-order valence-corrected chi connectivity index (χ3v) is 4.61. The van der Waals surface area contributed by atoms with Gasteiger partial charge in [-0.05, 0) is 23.8 Å². The number of methoxy groups -OCH3 is 2. The quantitative estimate of drug-likeness (QED) is 0.605. The standard InChI is InChI=1S/C19H19ClF3N3O5/c1-30-17(28)7-14(8-18(29)31-2)26-10-13(9-24-26)25-16(27)6-11-5-12(19(21,22)23)3-4-15(11)20/h3-5,9-10,14H,6-8H2,1-2H3,(H,25,27). The van der Waals surface area contributed by atoms with Crippen LogP contribution >= 0.6 is 11.6 Å². The number of carbonyl (C=O) groups excluding carboxylic acids is 3. The number of ether oxygens (including phenoxy) is 2. The zero-order chi connectivity index (χ0) is 23.2. The Hall–Kier alpha value is -3.08. The topological polar surface area (TPSA) is 99.5 Å². The van der Waals surface area contributed by atoms with Crippen LogP contribution in [0.15, 0.2) is 30.6 Å². The molecule has 0 bridgehead atoms. The van der Waals surface area contributed by atoms with Crippen LogP contribution < -0.4 is 5.32 Å². The smallest absolute Gasteiger partial charge is 0.416 e. The van der Waals surface area contributed by atoms with E-state index in [1.807, 2.05) is 0 Å². The van der Waals surface area contributed by atoms with E-state index < -0.39 is 42.0 Å². The molecule has 0 radical (unpaired) electrons. The Morgan fingerprint density at radius 1 is 1.16 bits per heavy atom. The summed E-state index contributed by atoms with van der Waals surface area (Å²) in [5.41, 5.74) is -0.690. The first-order chi connectivity index (χ1) is 14.5. The molecule has 0 atom stereocenters. The Kier molecular flexibility index (Phi) is 8.03. The highest BCUT2D eigenvalue weighted by Crippen LogP contribution is 2.32. The molecule has 0 fully saturated rings. The third-order valence-electron chi connectivity index (χ3n) is 4.24. The predicted molar refractivity (Wildman–Crippen MR) is 103 cm³/mol. The fourth-order valence-electron chi connectivity index (χ4n) is 2.68. The average Bonchev–Trinajstić information content (AvgIpc) is 3.16. The van der Waals surface area contributed by atoms with Crippen molar-refractivity contribution in [2.45, 2.75) is 31.5 Å². The fourth-order valence-corrected chi connectivity index (χ4v) is 2.86. The van der Waals surface area contributed by atoms with Crippen molar-refractivity contribution in [3.05, 3.63) is 46.7 Å². The molecule has 1 N–H and O–H groups in total. The number of hydrogen-bond acceptors (Lipinski definition) is 6. The zero-order valence-corrected chi connectivity index (χ0v) is 17.3. The molecule has 0 saturated heterocycles. The number of aromatic nitrogens is 2. The van der Waals surface area contributed by atoms with Gasteiger partial charge in [-0.3, -0.25) is 19.1 Å². The van der Waals surface area contributed by atoms with Crippen LogP contribution in [0.3, 0.4) is 0 Å². The summed E-state index contributed by atoms with van der Waals surface area (Å²) in [4.78, 5) is 35.5. The Labute approximate surface area is 180 Å². The highest BCUT2D eigenvalue weighted by molar-refractivity contribution is 6.31. The molecule has 1 aromatic carbocycles. The van der Waals surface area contributed by atoms with E-state index in [1.165, 1.54) is 31.3 Å². The number of halogens is 4. The molecule has 31 heavy (non-hydrogen) atoms. The van der Waals surface area contributed by atoms with Gasteiger partial charge >= 0.3 is 18.1 Å². The van der Waals surface area contributed by atoms with Crippen molar-refractivity contribution in [2.75, 3.05) is 19.5 Å². The monoisotopic (exact) mass is 461 g/mol. The number of benzene rings is 1. The second kappa shape index (κ2) is 10.3. The molecule has 0 aliphatic carbocycles. The van der Waals surface area contributed by atoms with Gasteiger partial charge in [0.1, 0.15) is 0 Å². The van der Waals surface area contributed by atoms with Gasteiger partial charge in [0, 0.05) is 11.2 Å². The van der Waals surface area contributed by atoms with Gasteiger partial charge in [-0.1, -0.05) is 11.6 Å². The summed E-state index contributed by atoms with van der Waals surface area (Å²) < 4.78 is 49.1. The molecular formula is C19H19ClF3N3O5. The van der Waals surface area contributed by atoms with Gasteiger partial charge in [0.05, 0.1) is 57.0 Å². The maximum absolute atomic E-state index is 12.9. The van der Waals surface area contributed by atoms with E-state index in [1.54, 1.807) is 0 Å². The van der Waals surface area contributed by atoms with Crippen molar-refractivity contribution < 1.29 is 37.0 Å². The summed E-state index contributed by atoms with van der Waals surface area (Å²) in [6, 6.07) is 2.00. The summed E-state index contributed by atoms with van der Waals surface area (Å²) in [5.74, 6) is -1.78. The zero-order valence-electron chi connectivity index (χ0n) is 16.5. The fraction of sp³-hybridized carbons (Fsp3) is 0.368. The predicted octanol–water partition coefficient (Wildman–Crippen LogP) is 3.40. The lowest BCUT2D eigenvalue weighted by atomic mass is 10.1. The second-order valence-corrected chi connectivity index (χ2v) is 6.86. The number of hydrogen-bond donors (Lipinski definition) is 1. The van der Waals surface area contributed by atoms with Crippen LogP contribution in [0, 0.1) is 0 Å². The van der Waals surface area contributed by atoms with E-state index in [9.17, 15) is 27.6 Å². The largest absolute Gasteiger partial charge is 0.469 e. The van der Waals surface area contributed by atoms with E-state index in [-0.39, 0.29) is 29.1 Å². The van der Waals surface area contributed by atoms with Crippen molar-refractivity contribution >= 4 is 35.1 Å². The summed E-state index contributed by atoms with van der Waals surface area (Å²) >= 11 is 5.91. The van der Waals surface area contributed by atoms with E-state index >= 15 is 0 Å². The van der Waals surface area contributed by atoms with E-state index in [0.717, 1.165) is 18.2 Å². The summed E-state index contributed by atoms with van der Waals surface area (Å²) in [5, 5.41) is 6.54. The van der Waals surface area contributed by atoms with Gasteiger partial charge in [-0.25, -0.2) is 0 Å². The van der Waals surface area contributed by atoms with Gasteiger partial charge in [0.2, 0.25) is 5.91 Å². The Balaban J connectivity index is 2.11. The molecule has 168 valence electrons. The van der Waals surface area contributed by atoms with Crippen LogP contribution in [-0.4, -0.2) is 41.8 Å². The molecule has 1 amide bonds. The van der Waals surface area contributed by atoms with Gasteiger partial charge in [0.15, 0.2) is 0 Å². The molecule has 8 nitrogen and oxygen atoms in total. The van der Waals surface area contributed by atoms with Crippen LogP contribution in [0.4, 0.5) is 18.9 Å². The number of nitrogens with zero attached hydrogens (tertiary/aromatic N) is 2. The van der Waals surface area contributed by atoms with Crippen LogP contribution in [0.2, 0.25) is 5.02 Å². The maximum atomic E-state index is 12.9. The number of amides is 1. The first-order valence-corrected chi connectivity index (χ1v) is 9.24. The third kappa shape index (κ3) is 6.99. The van der Waals surface area contributed by atoms with Crippen LogP contribution in [0.5, 0.6) is 0 Å². The Bertz CT molecular complexity index is 944. The molecule has 0 aliphatic heterocycles. The minimum Gasteiger partial charge on any atom is -0.469 e.